The number of hydrogen-bond donors (Lipinski definition) is 1. The van der Waals surface area contributed by atoms with Crippen molar-refractivity contribution in [3.63, 3.8) is 0 Å². The summed E-state index contributed by atoms with van der Waals surface area (Å²) >= 11 is 5.70. The van der Waals surface area contributed by atoms with Gasteiger partial charge in [0, 0.05) is 25.3 Å². The zero-order chi connectivity index (χ0) is 16.8. The molecule has 122 valence electrons. The number of halogens is 2. The van der Waals surface area contributed by atoms with Crippen LogP contribution in [0.4, 0.5) is 15.9 Å². The molecule has 0 unspecified atom stereocenters. The van der Waals surface area contributed by atoms with E-state index < -0.39 is 11.7 Å². The smallest absolute Gasteiger partial charge is 0.274 e. The Kier molecular flexibility index (Phi) is 5.87. The predicted octanol–water partition coefficient (Wildman–Crippen LogP) is 3.76. The molecule has 0 radical (unpaired) electrons. The predicted molar refractivity (Wildman–Crippen MR) is 89.6 cm³/mol. The Bertz CT molecular complexity index is 696. The summed E-state index contributed by atoms with van der Waals surface area (Å²) in [5, 5.41) is 2.59. The van der Waals surface area contributed by atoms with Crippen molar-refractivity contribution in [2.45, 2.75) is 19.8 Å². The standard InChI is InChI=1S/C16H18ClFN4O/c1-3-4-7-22(2)15-9-14(19-10-20-15)16(23)21-11-5-6-13(18)12(17)8-11/h5-6,8-10H,3-4,7H2,1-2H3,(H,21,23). The molecule has 5 nitrogen and oxygen atoms in total. The van der Waals surface area contributed by atoms with Gasteiger partial charge in [0.1, 0.15) is 23.7 Å². The summed E-state index contributed by atoms with van der Waals surface area (Å²) < 4.78 is 13.1. The number of aromatic nitrogens is 2. The molecule has 0 saturated carbocycles. The number of rotatable bonds is 6. The molecule has 1 aromatic carbocycles. The molecular weight excluding hydrogens is 319 g/mol. The summed E-state index contributed by atoms with van der Waals surface area (Å²) in [6, 6.07) is 5.61. The Morgan fingerprint density at radius 1 is 1.35 bits per heavy atom. The van der Waals surface area contributed by atoms with Crippen LogP contribution in [-0.4, -0.2) is 29.5 Å². The van der Waals surface area contributed by atoms with Crippen molar-refractivity contribution in [2.75, 3.05) is 23.8 Å². The van der Waals surface area contributed by atoms with E-state index >= 15 is 0 Å². The molecule has 23 heavy (non-hydrogen) atoms. The van der Waals surface area contributed by atoms with Gasteiger partial charge >= 0.3 is 0 Å². The minimum absolute atomic E-state index is 0.0505. The third kappa shape index (κ3) is 4.63. The molecule has 0 spiro atoms. The minimum atomic E-state index is -0.536. The largest absolute Gasteiger partial charge is 0.360 e. The lowest BCUT2D eigenvalue weighted by atomic mass is 10.3. The number of benzene rings is 1. The Labute approximate surface area is 139 Å². The lowest BCUT2D eigenvalue weighted by Crippen LogP contribution is -2.21. The van der Waals surface area contributed by atoms with Gasteiger partial charge in [-0.2, -0.15) is 0 Å². The van der Waals surface area contributed by atoms with Gasteiger partial charge in [-0.25, -0.2) is 14.4 Å². The normalized spacial score (nSPS) is 10.4. The van der Waals surface area contributed by atoms with Crippen molar-refractivity contribution < 1.29 is 9.18 Å². The third-order valence-corrected chi connectivity index (χ3v) is 3.59. The van der Waals surface area contributed by atoms with Gasteiger partial charge in [0.2, 0.25) is 0 Å². The summed E-state index contributed by atoms with van der Waals surface area (Å²) in [7, 11) is 1.92. The van der Waals surface area contributed by atoms with Crippen molar-refractivity contribution >= 4 is 29.0 Å². The second kappa shape index (κ2) is 7.87. The van der Waals surface area contributed by atoms with Crippen molar-refractivity contribution in [1.29, 1.82) is 0 Å². The molecule has 7 heteroatoms. The number of anilines is 2. The first-order valence-electron chi connectivity index (χ1n) is 7.31. The van der Waals surface area contributed by atoms with E-state index in [4.69, 9.17) is 11.6 Å². The maximum atomic E-state index is 13.1. The first-order valence-corrected chi connectivity index (χ1v) is 7.68. The number of unbranched alkanes of at least 4 members (excludes halogenated alkanes) is 1. The molecule has 0 fully saturated rings. The number of carbonyl (C=O) groups is 1. The van der Waals surface area contributed by atoms with Gasteiger partial charge in [0.15, 0.2) is 0 Å². The highest BCUT2D eigenvalue weighted by molar-refractivity contribution is 6.31. The van der Waals surface area contributed by atoms with Crippen LogP contribution in [0, 0.1) is 5.82 Å². The van der Waals surface area contributed by atoms with Gasteiger partial charge in [-0.15, -0.1) is 0 Å². The van der Waals surface area contributed by atoms with E-state index in [1.807, 2.05) is 11.9 Å². The molecule has 0 aliphatic rings. The van der Waals surface area contributed by atoms with E-state index in [0.717, 1.165) is 19.4 Å². The average Bonchev–Trinajstić information content (AvgIpc) is 2.56. The molecular formula is C16H18ClFN4O. The third-order valence-electron chi connectivity index (χ3n) is 3.30. The highest BCUT2D eigenvalue weighted by Gasteiger charge is 2.12. The number of nitrogens with zero attached hydrogens (tertiary/aromatic N) is 3. The van der Waals surface area contributed by atoms with Gasteiger partial charge < -0.3 is 10.2 Å². The lowest BCUT2D eigenvalue weighted by Gasteiger charge is -2.17. The monoisotopic (exact) mass is 336 g/mol. The SMILES string of the molecule is CCCCN(C)c1cc(C(=O)Nc2ccc(F)c(Cl)c2)ncn1. The maximum Gasteiger partial charge on any atom is 0.274 e. The van der Waals surface area contributed by atoms with Crippen molar-refractivity contribution in [1.82, 2.24) is 9.97 Å². The molecule has 0 atom stereocenters. The van der Waals surface area contributed by atoms with Crippen LogP contribution in [0.5, 0.6) is 0 Å². The number of amides is 1. The highest BCUT2D eigenvalue weighted by Crippen LogP contribution is 2.20. The van der Waals surface area contributed by atoms with E-state index in [2.05, 4.69) is 22.2 Å². The second-order valence-corrected chi connectivity index (χ2v) is 5.53. The van der Waals surface area contributed by atoms with E-state index in [9.17, 15) is 9.18 Å². The maximum absolute atomic E-state index is 13.1. The zero-order valence-corrected chi connectivity index (χ0v) is 13.8. The van der Waals surface area contributed by atoms with Crippen molar-refractivity contribution in [2.24, 2.45) is 0 Å². The van der Waals surface area contributed by atoms with E-state index in [1.165, 1.54) is 24.5 Å². The van der Waals surface area contributed by atoms with Crippen LogP contribution in [0.15, 0.2) is 30.6 Å². The van der Waals surface area contributed by atoms with E-state index in [-0.39, 0.29) is 10.7 Å². The molecule has 1 heterocycles. The first-order chi connectivity index (χ1) is 11.0. The Balaban J connectivity index is 2.11. The second-order valence-electron chi connectivity index (χ2n) is 5.12. The lowest BCUT2D eigenvalue weighted by molar-refractivity contribution is 0.102. The van der Waals surface area contributed by atoms with E-state index in [0.29, 0.717) is 11.5 Å². The van der Waals surface area contributed by atoms with Gasteiger partial charge in [0.25, 0.3) is 5.91 Å². The number of hydrogen-bond acceptors (Lipinski definition) is 4. The summed E-state index contributed by atoms with van der Waals surface area (Å²) in [5.74, 6) is -0.262. The summed E-state index contributed by atoms with van der Waals surface area (Å²) in [4.78, 5) is 22.4. The zero-order valence-electron chi connectivity index (χ0n) is 13.0. The van der Waals surface area contributed by atoms with Crippen LogP contribution in [0.3, 0.4) is 0 Å². The van der Waals surface area contributed by atoms with Gasteiger partial charge in [-0.05, 0) is 24.6 Å². The highest BCUT2D eigenvalue weighted by atomic mass is 35.5. The molecule has 0 aliphatic carbocycles. The molecule has 2 rings (SSSR count). The van der Waals surface area contributed by atoms with Gasteiger partial charge in [-0.1, -0.05) is 24.9 Å². The van der Waals surface area contributed by atoms with Crippen LogP contribution < -0.4 is 10.2 Å². The fourth-order valence-corrected chi connectivity index (χ4v) is 2.14. The summed E-state index contributed by atoms with van der Waals surface area (Å²) in [6.45, 7) is 2.96. The quantitative estimate of drug-likeness (QED) is 0.872. The van der Waals surface area contributed by atoms with Crippen LogP contribution in [0.25, 0.3) is 0 Å². The van der Waals surface area contributed by atoms with Crippen molar-refractivity contribution in [3.8, 4) is 0 Å². The molecule has 2 aromatic rings. The van der Waals surface area contributed by atoms with E-state index in [1.54, 1.807) is 6.07 Å². The van der Waals surface area contributed by atoms with Crippen LogP contribution in [0.1, 0.15) is 30.3 Å². The van der Waals surface area contributed by atoms with Crippen LogP contribution >= 0.6 is 11.6 Å². The molecule has 0 saturated heterocycles. The van der Waals surface area contributed by atoms with Crippen LogP contribution in [0.2, 0.25) is 5.02 Å². The number of nitrogens with one attached hydrogen (secondary N) is 1. The van der Waals surface area contributed by atoms with Crippen LogP contribution in [-0.2, 0) is 0 Å². The van der Waals surface area contributed by atoms with Crippen molar-refractivity contribution in [3.05, 3.63) is 47.1 Å². The molecule has 1 N–H and O–H groups in total. The summed E-state index contributed by atoms with van der Waals surface area (Å²) in [6.07, 6.45) is 3.47. The summed E-state index contributed by atoms with van der Waals surface area (Å²) in [5.41, 5.74) is 0.639. The van der Waals surface area contributed by atoms with Gasteiger partial charge in [-0.3, -0.25) is 4.79 Å². The first kappa shape index (κ1) is 17.1. The molecule has 1 amide bonds. The fraction of sp³-hybridized carbons (Fsp3) is 0.312. The fourth-order valence-electron chi connectivity index (χ4n) is 1.96. The minimum Gasteiger partial charge on any atom is -0.360 e. The molecule has 1 aromatic heterocycles. The average molecular weight is 337 g/mol. The topological polar surface area (TPSA) is 58.1 Å². The Morgan fingerprint density at radius 2 is 2.13 bits per heavy atom. The Hall–Kier alpha value is -2.21. The number of carbonyl (C=O) groups excluding carboxylic acids is 1. The van der Waals surface area contributed by atoms with Gasteiger partial charge in [0.05, 0.1) is 5.02 Å². The Morgan fingerprint density at radius 3 is 2.83 bits per heavy atom. The molecule has 0 bridgehead atoms. The molecule has 0 aliphatic heterocycles.